The Balaban J connectivity index is 1.46. The zero-order chi connectivity index (χ0) is 18.2. The van der Waals surface area contributed by atoms with Crippen molar-refractivity contribution in [3.63, 3.8) is 0 Å². The van der Waals surface area contributed by atoms with Gasteiger partial charge in [0.15, 0.2) is 0 Å². The molecule has 2 N–H and O–H groups in total. The SMILES string of the molecule is Cn1c(-c2n[nH]c3c2C2(CCC2)N(C(=O)NC2CC2)C3)cc2ccccc21. The number of nitrogens with zero attached hydrogens (tertiary/aromatic N) is 3. The monoisotopic (exact) mass is 361 g/mol. The highest BCUT2D eigenvalue weighted by Crippen LogP contribution is 2.55. The summed E-state index contributed by atoms with van der Waals surface area (Å²) in [5.74, 6) is 0. The van der Waals surface area contributed by atoms with Crippen LogP contribution in [0, 0.1) is 0 Å². The second kappa shape index (κ2) is 5.15. The van der Waals surface area contributed by atoms with Gasteiger partial charge in [-0.15, -0.1) is 0 Å². The molecule has 1 spiro atoms. The van der Waals surface area contributed by atoms with Crippen LogP contribution in [0.25, 0.3) is 22.3 Å². The fourth-order valence-electron chi connectivity index (χ4n) is 4.92. The van der Waals surface area contributed by atoms with E-state index in [2.05, 4.69) is 57.3 Å². The fourth-order valence-corrected chi connectivity index (χ4v) is 4.92. The number of amides is 2. The number of urea groups is 1. The molecule has 6 nitrogen and oxygen atoms in total. The molecule has 3 aromatic rings. The standard InChI is InChI=1S/C21H23N5O/c1-25-16-6-3-2-5-13(16)11-17(25)19-18-15(23-24-19)12-26(21(18)9-4-10-21)20(27)22-14-7-8-14/h2-3,5-6,11,14H,4,7-10,12H2,1H3,(H,22,27)(H,23,24). The Morgan fingerprint density at radius 2 is 2.11 bits per heavy atom. The molecule has 6 rings (SSSR count). The van der Waals surface area contributed by atoms with Crippen LogP contribution in [0.4, 0.5) is 4.79 Å². The molecule has 0 saturated heterocycles. The largest absolute Gasteiger partial charge is 0.342 e. The molecule has 2 fully saturated rings. The summed E-state index contributed by atoms with van der Waals surface area (Å²) in [4.78, 5) is 15.0. The Morgan fingerprint density at radius 1 is 1.30 bits per heavy atom. The number of aromatic nitrogens is 3. The molecular formula is C21H23N5O. The summed E-state index contributed by atoms with van der Waals surface area (Å²) in [6.07, 6.45) is 5.43. The molecule has 3 aliphatic rings. The van der Waals surface area contributed by atoms with E-state index < -0.39 is 0 Å². The maximum Gasteiger partial charge on any atom is 0.318 e. The average molecular weight is 361 g/mol. The third-order valence-corrected chi connectivity index (χ3v) is 6.66. The van der Waals surface area contributed by atoms with Crippen LogP contribution in [-0.4, -0.2) is 31.7 Å². The van der Waals surface area contributed by atoms with Crippen molar-refractivity contribution in [2.24, 2.45) is 7.05 Å². The minimum Gasteiger partial charge on any atom is -0.342 e. The summed E-state index contributed by atoms with van der Waals surface area (Å²) in [5, 5.41) is 12.4. The molecule has 138 valence electrons. The van der Waals surface area contributed by atoms with Crippen molar-refractivity contribution >= 4 is 16.9 Å². The van der Waals surface area contributed by atoms with Crippen LogP contribution in [0.15, 0.2) is 30.3 Å². The molecule has 0 unspecified atom stereocenters. The van der Waals surface area contributed by atoms with Crippen LogP contribution in [0.5, 0.6) is 0 Å². The number of benzene rings is 1. The first kappa shape index (κ1) is 15.3. The van der Waals surface area contributed by atoms with Crippen molar-refractivity contribution in [3.8, 4) is 11.4 Å². The smallest absolute Gasteiger partial charge is 0.318 e. The van der Waals surface area contributed by atoms with E-state index in [0.717, 1.165) is 49.2 Å². The summed E-state index contributed by atoms with van der Waals surface area (Å²) in [6.45, 7) is 0.630. The highest BCUT2D eigenvalue weighted by molar-refractivity contribution is 5.87. The van der Waals surface area contributed by atoms with Crippen LogP contribution in [0.1, 0.15) is 43.4 Å². The number of carbonyl (C=O) groups is 1. The predicted octanol–water partition coefficient (Wildman–Crippen LogP) is 3.64. The predicted molar refractivity (Wildman–Crippen MR) is 103 cm³/mol. The number of aryl methyl sites for hydroxylation is 1. The van der Waals surface area contributed by atoms with Gasteiger partial charge in [-0.3, -0.25) is 5.10 Å². The van der Waals surface area contributed by atoms with Gasteiger partial charge in [-0.1, -0.05) is 18.2 Å². The van der Waals surface area contributed by atoms with Gasteiger partial charge < -0.3 is 14.8 Å². The zero-order valence-corrected chi connectivity index (χ0v) is 15.5. The lowest BCUT2D eigenvalue weighted by molar-refractivity contribution is 0.0556. The van der Waals surface area contributed by atoms with Crippen molar-refractivity contribution < 1.29 is 4.79 Å². The van der Waals surface area contributed by atoms with E-state index in [-0.39, 0.29) is 11.6 Å². The Morgan fingerprint density at radius 3 is 2.81 bits per heavy atom. The Labute approximate surface area is 157 Å². The van der Waals surface area contributed by atoms with E-state index in [0.29, 0.717) is 12.6 Å². The number of aromatic amines is 1. The van der Waals surface area contributed by atoms with Gasteiger partial charge in [-0.05, 0) is 44.2 Å². The highest BCUT2D eigenvalue weighted by atomic mass is 16.2. The first-order valence-electron chi connectivity index (χ1n) is 9.88. The van der Waals surface area contributed by atoms with Crippen LogP contribution in [0.2, 0.25) is 0 Å². The van der Waals surface area contributed by atoms with Crippen LogP contribution in [0.3, 0.4) is 0 Å². The molecule has 2 aromatic heterocycles. The van der Waals surface area contributed by atoms with E-state index in [9.17, 15) is 4.79 Å². The molecule has 2 saturated carbocycles. The Hall–Kier alpha value is -2.76. The van der Waals surface area contributed by atoms with E-state index >= 15 is 0 Å². The molecule has 0 atom stereocenters. The highest BCUT2D eigenvalue weighted by Gasteiger charge is 2.54. The molecule has 1 aliphatic heterocycles. The maximum absolute atomic E-state index is 12.9. The topological polar surface area (TPSA) is 66.0 Å². The first-order chi connectivity index (χ1) is 13.2. The van der Waals surface area contributed by atoms with Crippen molar-refractivity contribution in [1.82, 2.24) is 25.0 Å². The van der Waals surface area contributed by atoms with Crippen molar-refractivity contribution in [1.29, 1.82) is 0 Å². The molecular weight excluding hydrogens is 338 g/mol. The number of nitrogens with one attached hydrogen (secondary N) is 2. The normalized spacial score (nSPS) is 20.1. The number of H-pyrrole nitrogens is 1. The lowest BCUT2D eigenvalue weighted by Crippen LogP contribution is -2.53. The number of para-hydroxylation sites is 1. The molecule has 0 bridgehead atoms. The number of carbonyl (C=O) groups excluding carboxylic acids is 1. The molecule has 0 radical (unpaired) electrons. The lowest BCUT2D eigenvalue weighted by atomic mass is 9.71. The van der Waals surface area contributed by atoms with Crippen molar-refractivity contribution in [2.45, 2.75) is 50.2 Å². The summed E-state index contributed by atoms with van der Waals surface area (Å²) in [6, 6.07) is 11.1. The molecule has 2 aliphatic carbocycles. The molecule has 2 amide bonds. The zero-order valence-electron chi connectivity index (χ0n) is 15.5. The van der Waals surface area contributed by atoms with Gasteiger partial charge in [0.25, 0.3) is 0 Å². The van der Waals surface area contributed by atoms with E-state index in [1.165, 1.54) is 16.5 Å². The van der Waals surface area contributed by atoms with Crippen LogP contribution >= 0.6 is 0 Å². The molecule has 3 heterocycles. The molecule has 6 heteroatoms. The Bertz CT molecular complexity index is 1070. The molecule has 27 heavy (non-hydrogen) atoms. The third kappa shape index (κ3) is 2.01. The minimum atomic E-state index is -0.187. The summed E-state index contributed by atoms with van der Waals surface area (Å²) in [7, 11) is 2.10. The van der Waals surface area contributed by atoms with Gasteiger partial charge in [-0.2, -0.15) is 5.10 Å². The lowest BCUT2D eigenvalue weighted by Gasteiger charge is -2.46. The fraction of sp³-hybridized carbons (Fsp3) is 0.429. The summed E-state index contributed by atoms with van der Waals surface area (Å²) < 4.78 is 2.21. The van der Waals surface area contributed by atoms with Crippen LogP contribution < -0.4 is 5.32 Å². The van der Waals surface area contributed by atoms with E-state index in [1.54, 1.807) is 0 Å². The van der Waals surface area contributed by atoms with Crippen LogP contribution in [-0.2, 0) is 19.1 Å². The minimum absolute atomic E-state index is 0.0878. The first-order valence-corrected chi connectivity index (χ1v) is 9.88. The number of hydrogen-bond acceptors (Lipinski definition) is 2. The van der Waals surface area contributed by atoms with E-state index in [1.807, 2.05) is 0 Å². The maximum atomic E-state index is 12.9. The quantitative estimate of drug-likeness (QED) is 0.732. The summed E-state index contributed by atoms with van der Waals surface area (Å²) >= 11 is 0. The second-order valence-corrected chi connectivity index (χ2v) is 8.27. The third-order valence-electron chi connectivity index (χ3n) is 6.66. The van der Waals surface area contributed by atoms with Gasteiger partial charge >= 0.3 is 6.03 Å². The van der Waals surface area contributed by atoms with Crippen molar-refractivity contribution in [2.75, 3.05) is 0 Å². The van der Waals surface area contributed by atoms with Gasteiger partial charge in [0, 0.05) is 29.6 Å². The van der Waals surface area contributed by atoms with E-state index in [4.69, 9.17) is 5.10 Å². The summed E-state index contributed by atoms with van der Waals surface area (Å²) in [5.41, 5.74) is 5.47. The van der Waals surface area contributed by atoms with Crippen molar-refractivity contribution in [3.05, 3.63) is 41.6 Å². The van der Waals surface area contributed by atoms with Gasteiger partial charge in [0.05, 0.1) is 23.5 Å². The Kier molecular flexibility index (Phi) is 2.92. The average Bonchev–Trinajstić information content (AvgIpc) is 3.11. The number of rotatable bonds is 2. The number of fused-ring (bicyclic) bond motifs is 3. The van der Waals surface area contributed by atoms with Gasteiger partial charge in [-0.25, -0.2) is 4.79 Å². The van der Waals surface area contributed by atoms with Gasteiger partial charge in [0.1, 0.15) is 5.69 Å². The number of hydrogen-bond donors (Lipinski definition) is 2. The van der Waals surface area contributed by atoms with Gasteiger partial charge in [0.2, 0.25) is 0 Å². The molecule has 1 aromatic carbocycles. The second-order valence-electron chi connectivity index (χ2n) is 8.27.